The lowest BCUT2D eigenvalue weighted by molar-refractivity contribution is 0.0474. The Hall–Kier alpha value is -3.08. The number of esters is 1. The second-order valence-electron chi connectivity index (χ2n) is 6.57. The minimum Gasteiger partial charge on any atom is -0.508 e. The van der Waals surface area contributed by atoms with Crippen LogP contribution in [0.4, 0.5) is 0 Å². The summed E-state index contributed by atoms with van der Waals surface area (Å²) < 4.78 is 10.6. The van der Waals surface area contributed by atoms with Crippen LogP contribution < -0.4 is 5.63 Å². The van der Waals surface area contributed by atoms with Crippen LogP contribution in [0.25, 0.3) is 11.0 Å². The van der Waals surface area contributed by atoms with Crippen LogP contribution in [0.15, 0.2) is 51.7 Å². The van der Waals surface area contributed by atoms with E-state index in [1.54, 1.807) is 0 Å². The van der Waals surface area contributed by atoms with E-state index < -0.39 is 11.6 Å². The number of phenols is 1. The monoisotopic (exact) mass is 352 g/mol. The van der Waals surface area contributed by atoms with E-state index in [2.05, 4.69) is 13.8 Å². The molecule has 1 aromatic heterocycles. The molecular formula is C21H20O5. The van der Waals surface area contributed by atoms with E-state index in [4.69, 9.17) is 9.15 Å². The highest BCUT2D eigenvalue weighted by atomic mass is 16.5. The Kier molecular flexibility index (Phi) is 4.80. The highest BCUT2D eigenvalue weighted by molar-refractivity contribution is 5.90. The molecule has 0 fully saturated rings. The lowest BCUT2D eigenvalue weighted by atomic mass is 9.95. The number of carbonyl (C=O) groups excluding carboxylic acids is 1. The van der Waals surface area contributed by atoms with E-state index in [1.165, 1.54) is 30.3 Å². The van der Waals surface area contributed by atoms with Crippen molar-refractivity contribution < 1.29 is 19.1 Å². The minimum absolute atomic E-state index is 0.0393. The molecule has 3 rings (SSSR count). The first-order valence-corrected chi connectivity index (χ1v) is 8.38. The summed E-state index contributed by atoms with van der Waals surface area (Å²) in [7, 11) is 0. The van der Waals surface area contributed by atoms with Crippen molar-refractivity contribution in [1.82, 2.24) is 0 Å². The molecule has 1 heterocycles. The molecule has 0 aliphatic heterocycles. The smallest absolute Gasteiger partial charge is 0.338 e. The molecule has 2 aromatic carbocycles. The van der Waals surface area contributed by atoms with Crippen molar-refractivity contribution in [2.45, 2.75) is 33.3 Å². The molecule has 1 N–H and O–H groups in total. The van der Waals surface area contributed by atoms with Crippen LogP contribution in [-0.4, -0.2) is 11.1 Å². The molecule has 26 heavy (non-hydrogen) atoms. The fraction of sp³-hybridized carbons (Fsp3) is 0.238. The van der Waals surface area contributed by atoms with Gasteiger partial charge in [0.05, 0.1) is 5.56 Å². The van der Waals surface area contributed by atoms with Crippen LogP contribution in [0, 0.1) is 6.92 Å². The maximum absolute atomic E-state index is 12.2. The number of benzene rings is 2. The summed E-state index contributed by atoms with van der Waals surface area (Å²) >= 11 is 0. The summed E-state index contributed by atoms with van der Waals surface area (Å²) in [6.07, 6.45) is 0. The third-order valence-electron chi connectivity index (χ3n) is 4.30. The van der Waals surface area contributed by atoms with Gasteiger partial charge in [-0.1, -0.05) is 13.8 Å². The fourth-order valence-electron chi connectivity index (χ4n) is 2.96. The standard InChI is InChI=1S/C21H20O5/c1-12(2)17-10-18-15(9-20(23)26-19(18)8-13(17)3)11-25-21(24)14-4-6-16(22)7-5-14/h4-10,12,22H,11H2,1-3H3. The Bertz CT molecular complexity index is 1010. The molecule has 0 saturated heterocycles. The van der Waals surface area contributed by atoms with E-state index in [9.17, 15) is 14.7 Å². The predicted molar refractivity (Wildman–Crippen MR) is 98.5 cm³/mol. The van der Waals surface area contributed by atoms with Gasteiger partial charge in [-0.3, -0.25) is 0 Å². The van der Waals surface area contributed by atoms with E-state index in [0.29, 0.717) is 22.6 Å². The molecule has 0 atom stereocenters. The largest absolute Gasteiger partial charge is 0.508 e. The second-order valence-corrected chi connectivity index (χ2v) is 6.57. The molecule has 5 heteroatoms. The molecule has 134 valence electrons. The van der Waals surface area contributed by atoms with Crippen LogP contribution in [0.5, 0.6) is 5.75 Å². The normalized spacial score (nSPS) is 11.1. The van der Waals surface area contributed by atoms with Crippen molar-refractivity contribution >= 4 is 16.9 Å². The third-order valence-corrected chi connectivity index (χ3v) is 4.30. The van der Waals surface area contributed by atoms with Crippen LogP contribution >= 0.6 is 0 Å². The maximum Gasteiger partial charge on any atom is 0.338 e. The molecule has 0 aliphatic rings. The molecule has 3 aromatic rings. The van der Waals surface area contributed by atoms with E-state index in [1.807, 2.05) is 19.1 Å². The number of hydrogen-bond acceptors (Lipinski definition) is 5. The van der Waals surface area contributed by atoms with Crippen molar-refractivity contribution in [3.63, 3.8) is 0 Å². The summed E-state index contributed by atoms with van der Waals surface area (Å²) in [5.41, 5.74) is 3.13. The van der Waals surface area contributed by atoms with Gasteiger partial charge >= 0.3 is 11.6 Å². The van der Waals surface area contributed by atoms with E-state index >= 15 is 0 Å². The van der Waals surface area contributed by atoms with Crippen LogP contribution in [0.2, 0.25) is 0 Å². The molecule has 0 radical (unpaired) electrons. The average molecular weight is 352 g/mol. The number of rotatable bonds is 4. The van der Waals surface area contributed by atoms with Crippen LogP contribution in [0.3, 0.4) is 0 Å². The van der Waals surface area contributed by atoms with Gasteiger partial charge in [0.15, 0.2) is 0 Å². The highest BCUT2D eigenvalue weighted by Gasteiger charge is 2.13. The zero-order valence-electron chi connectivity index (χ0n) is 14.9. The van der Waals surface area contributed by atoms with Gasteiger partial charge in [0.1, 0.15) is 17.9 Å². The second kappa shape index (κ2) is 7.04. The van der Waals surface area contributed by atoms with E-state index in [0.717, 1.165) is 16.5 Å². The number of phenolic OH excluding ortho intramolecular Hbond substituents is 1. The van der Waals surface area contributed by atoms with Gasteiger partial charge in [0, 0.05) is 17.0 Å². The van der Waals surface area contributed by atoms with Gasteiger partial charge in [-0.2, -0.15) is 0 Å². The summed E-state index contributed by atoms with van der Waals surface area (Å²) in [6, 6.07) is 11.0. The Morgan fingerprint density at radius 2 is 1.85 bits per heavy atom. The van der Waals surface area contributed by atoms with Crippen molar-refractivity contribution in [1.29, 1.82) is 0 Å². The number of fused-ring (bicyclic) bond motifs is 1. The molecule has 0 spiro atoms. The van der Waals surface area contributed by atoms with Gasteiger partial charge in [-0.25, -0.2) is 9.59 Å². The van der Waals surface area contributed by atoms with Gasteiger partial charge in [0.2, 0.25) is 0 Å². The molecule has 5 nitrogen and oxygen atoms in total. The molecule has 0 amide bonds. The fourth-order valence-corrected chi connectivity index (χ4v) is 2.96. The molecule has 0 aliphatic carbocycles. The zero-order valence-corrected chi connectivity index (χ0v) is 14.9. The number of aromatic hydroxyl groups is 1. The lowest BCUT2D eigenvalue weighted by Crippen LogP contribution is -2.08. The zero-order chi connectivity index (χ0) is 18.8. The summed E-state index contributed by atoms with van der Waals surface area (Å²) in [5.74, 6) is -0.133. The first-order chi connectivity index (χ1) is 12.3. The number of aryl methyl sites for hydroxylation is 1. The van der Waals surface area contributed by atoms with Crippen molar-refractivity contribution in [2.24, 2.45) is 0 Å². The Labute approximate surface area is 150 Å². The van der Waals surface area contributed by atoms with Gasteiger partial charge in [-0.15, -0.1) is 0 Å². The predicted octanol–water partition coefficient (Wildman–Crippen LogP) is 4.29. The van der Waals surface area contributed by atoms with Crippen molar-refractivity contribution in [3.8, 4) is 5.75 Å². The maximum atomic E-state index is 12.2. The minimum atomic E-state index is -0.525. The molecule has 0 bridgehead atoms. The molecule has 0 saturated carbocycles. The Morgan fingerprint density at radius 3 is 2.50 bits per heavy atom. The topological polar surface area (TPSA) is 76.7 Å². The lowest BCUT2D eigenvalue weighted by Gasteiger charge is -2.13. The van der Waals surface area contributed by atoms with Gasteiger partial charge in [-0.05, 0) is 60.4 Å². The summed E-state index contributed by atoms with van der Waals surface area (Å²) in [4.78, 5) is 24.0. The Morgan fingerprint density at radius 1 is 1.15 bits per heavy atom. The quantitative estimate of drug-likeness (QED) is 0.560. The average Bonchev–Trinajstić information content (AvgIpc) is 2.59. The van der Waals surface area contributed by atoms with Crippen molar-refractivity contribution in [3.05, 3.63) is 75.1 Å². The van der Waals surface area contributed by atoms with Crippen LogP contribution in [-0.2, 0) is 11.3 Å². The van der Waals surface area contributed by atoms with Crippen molar-refractivity contribution in [2.75, 3.05) is 0 Å². The van der Waals surface area contributed by atoms with Crippen LogP contribution in [0.1, 0.15) is 46.8 Å². The highest BCUT2D eigenvalue weighted by Crippen LogP contribution is 2.27. The molecular weight excluding hydrogens is 332 g/mol. The number of hydrogen-bond donors (Lipinski definition) is 1. The first kappa shape index (κ1) is 17.7. The van der Waals surface area contributed by atoms with Gasteiger partial charge in [0.25, 0.3) is 0 Å². The summed E-state index contributed by atoms with van der Waals surface area (Å²) in [5, 5.41) is 10.1. The number of ether oxygens (including phenoxy) is 1. The summed E-state index contributed by atoms with van der Waals surface area (Å²) in [6.45, 7) is 6.13. The first-order valence-electron chi connectivity index (χ1n) is 8.38. The van der Waals surface area contributed by atoms with Gasteiger partial charge < -0.3 is 14.3 Å². The SMILES string of the molecule is Cc1cc2oc(=O)cc(COC(=O)c3ccc(O)cc3)c2cc1C(C)C. The Balaban J connectivity index is 1.93. The van der Waals surface area contributed by atoms with E-state index in [-0.39, 0.29) is 12.4 Å². The number of carbonyl (C=O) groups is 1. The third kappa shape index (κ3) is 3.61. The molecule has 0 unspecified atom stereocenters.